The Morgan fingerprint density at radius 2 is 2.04 bits per heavy atom. The summed E-state index contributed by atoms with van der Waals surface area (Å²) in [4.78, 5) is 16.8. The summed E-state index contributed by atoms with van der Waals surface area (Å²) < 4.78 is 7.28. The van der Waals surface area contributed by atoms with Crippen LogP contribution in [0.1, 0.15) is 35.5 Å². The van der Waals surface area contributed by atoms with Crippen molar-refractivity contribution in [2.75, 3.05) is 6.61 Å². The van der Waals surface area contributed by atoms with Gasteiger partial charge in [-0.05, 0) is 36.6 Å². The summed E-state index contributed by atoms with van der Waals surface area (Å²) in [5.41, 5.74) is 2.74. The largest absolute Gasteiger partial charge is 0.493 e. The lowest BCUT2D eigenvalue weighted by atomic mass is 10.2. The Balaban J connectivity index is 1.65. The molecule has 1 amide bonds. The van der Waals surface area contributed by atoms with Crippen LogP contribution in [0.15, 0.2) is 42.7 Å². The van der Waals surface area contributed by atoms with Crippen LogP contribution in [-0.2, 0) is 6.54 Å². The zero-order valence-corrected chi connectivity index (χ0v) is 14.7. The molecule has 0 bridgehead atoms. The Morgan fingerprint density at radius 3 is 2.76 bits per heavy atom. The quantitative estimate of drug-likeness (QED) is 0.750. The SMILES string of the molecule is Cc1nn2cccnc2c1C(=O)NCc1ccc(OCC(C)C)cc1. The second-order valence-corrected chi connectivity index (χ2v) is 6.38. The van der Waals surface area contributed by atoms with Gasteiger partial charge in [-0.25, -0.2) is 9.50 Å². The number of aromatic nitrogens is 3. The molecule has 0 unspecified atom stereocenters. The van der Waals surface area contributed by atoms with E-state index in [9.17, 15) is 4.79 Å². The van der Waals surface area contributed by atoms with Crippen molar-refractivity contribution in [3.05, 3.63) is 59.5 Å². The molecule has 25 heavy (non-hydrogen) atoms. The summed E-state index contributed by atoms with van der Waals surface area (Å²) >= 11 is 0. The van der Waals surface area contributed by atoms with E-state index < -0.39 is 0 Å². The number of aryl methyl sites for hydroxylation is 1. The van der Waals surface area contributed by atoms with Crippen LogP contribution in [0.4, 0.5) is 0 Å². The molecule has 0 atom stereocenters. The topological polar surface area (TPSA) is 68.5 Å². The molecule has 3 aromatic rings. The Bertz CT molecular complexity index is 869. The van der Waals surface area contributed by atoms with Crippen molar-refractivity contribution in [3.8, 4) is 5.75 Å². The van der Waals surface area contributed by atoms with E-state index in [1.54, 1.807) is 23.0 Å². The maximum absolute atomic E-state index is 12.5. The standard InChI is InChI=1S/C19H22N4O2/c1-13(2)12-25-16-7-5-15(6-8-16)11-21-19(24)17-14(3)22-23-10-4-9-20-18(17)23/h4-10,13H,11-12H2,1-3H3,(H,21,24). The van der Waals surface area contributed by atoms with Crippen LogP contribution in [0.3, 0.4) is 0 Å². The number of carbonyl (C=O) groups excluding carboxylic acids is 1. The lowest BCUT2D eigenvalue weighted by Gasteiger charge is -2.09. The van der Waals surface area contributed by atoms with Gasteiger partial charge >= 0.3 is 0 Å². The Morgan fingerprint density at radius 1 is 1.28 bits per heavy atom. The molecule has 6 heteroatoms. The van der Waals surface area contributed by atoms with Crippen LogP contribution in [0, 0.1) is 12.8 Å². The van der Waals surface area contributed by atoms with E-state index in [1.165, 1.54) is 0 Å². The Labute approximate surface area is 146 Å². The molecule has 0 aliphatic heterocycles. The number of rotatable bonds is 6. The summed E-state index contributed by atoms with van der Waals surface area (Å²) in [5, 5.41) is 7.24. The molecular weight excluding hydrogens is 316 g/mol. The predicted octanol–water partition coefficient (Wildman–Crippen LogP) is 3.00. The molecule has 1 N–H and O–H groups in total. The molecule has 1 aromatic carbocycles. The predicted molar refractivity (Wildman–Crippen MR) is 95.7 cm³/mol. The summed E-state index contributed by atoms with van der Waals surface area (Å²) in [6.07, 6.45) is 3.44. The lowest BCUT2D eigenvalue weighted by Crippen LogP contribution is -2.23. The van der Waals surface area contributed by atoms with E-state index in [1.807, 2.05) is 31.2 Å². The zero-order chi connectivity index (χ0) is 17.8. The summed E-state index contributed by atoms with van der Waals surface area (Å²) in [5.74, 6) is 1.15. The van der Waals surface area contributed by atoms with Crippen LogP contribution in [0.25, 0.3) is 5.65 Å². The molecule has 3 rings (SSSR count). The van der Waals surface area contributed by atoms with Crippen molar-refractivity contribution in [1.29, 1.82) is 0 Å². The molecule has 2 aromatic heterocycles. The van der Waals surface area contributed by atoms with Gasteiger partial charge in [0.25, 0.3) is 5.91 Å². The van der Waals surface area contributed by atoms with Crippen molar-refractivity contribution >= 4 is 11.6 Å². The molecule has 0 saturated heterocycles. The van der Waals surface area contributed by atoms with Gasteiger partial charge in [-0.15, -0.1) is 0 Å². The second kappa shape index (κ2) is 7.34. The first-order chi connectivity index (χ1) is 12.0. The summed E-state index contributed by atoms with van der Waals surface area (Å²) in [7, 11) is 0. The Hall–Kier alpha value is -2.89. The first-order valence-electron chi connectivity index (χ1n) is 8.34. The molecule has 0 spiro atoms. The van der Waals surface area contributed by atoms with Crippen LogP contribution in [0.5, 0.6) is 5.75 Å². The van der Waals surface area contributed by atoms with Gasteiger partial charge in [-0.2, -0.15) is 5.10 Å². The highest BCUT2D eigenvalue weighted by molar-refractivity contribution is 6.00. The van der Waals surface area contributed by atoms with Crippen molar-refractivity contribution in [3.63, 3.8) is 0 Å². The average Bonchev–Trinajstić information content (AvgIpc) is 2.94. The lowest BCUT2D eigenvalue weighted by molar-refractivity contribution is 0.0951. The van der Waals surface area contributed by atoms with E-state index in [0.29, 0.717) is 36.0 Å². The molecule has 130 valence electrons. The highest BCUT2D eigenvalue weighted by atomic mass is 16.5. The molecule has 2 heterocycles. The fourth-order valence-corrected chi connectivity index (χ4v) is 2.50. The number of carbonyl (C=O) groups is 1. The van der Waals surface area contributed by atoms with Gasteiger partial charge in [-0.1, -0.05) is 26.0 Å². The smallest absolute Gasteiger partial charge is 0.257 e. The van der Waals surface area contributed by atoms with E-state index in [-0.39, 0.29) is 5.91 Å². The molecule has 0 radical (unpaired) electrons. The summed E-state index contributed by atoms with van der Waals surface area (Å²) in [6, 6.07) is 9.54. The van der Waals surface area contributed by atoms with E-state index >= 15 is 0 Å². The number of hydrogen-bond donors (Lipinski definition) is 1. The monoisotopic (exact) mass is 338 g/mol. The maximum atomic E-state index is 12.5. The van der Waals surface area contributed by atoms with Gasteiger partial charge in [0.2, 0.25) is 0 Å². The second-order valence-electron chi connectivity index (χ2n) is 6.38. The fraction of sp³-hybridized carbons (Fsp3) is 0.316. The van der Waals surface area contributed by atoms with E-state index in [2.05, 4.69) is 29.2 Å². The molecule has 0 fully saturated rings. The van der Waals surface area contributed by atoms with E-state index in [4.69, 9.17) is 4.74 Å². The van der Waals surface area contributed by atoms with Gasteiger partial charge in [0.15, 0.2) is 5.65 Å². The average molecular weight is 338 g/mol. The van der Waals surface area contributed by atoms with Gasteiger partial charge in [-0.3, -0.25) is 4.79 Å². The first-order valence-corrected chi connectivity index (χ1v) is 8.34. The maximum Gasteiger partial charge on any atom is 0.257 e. The van der Waals surface area contributed by atoms with Gasteiger partial charge in [0, 0.05) is 18.9 Å². The molecule has 0 aliphatic rings. The number of amides is 1. The molecule has 6 nitrogen and oxygen atoms in total. The van der Waals surface area contributed by atoms with Crippen molar-refractivity contribution in [2.24, 2.45) is 5.92 Å². The third kappa shape index (κ3) is 3.96. The van der Waals surface area contributed by atoms with Crippen molar-refractivity contribution < 1.29 is 9.53 Å². The highest BCUT2D eigenvalue weighted by Gasteiger charge is 2.17. The number of nitrogens with one attached hydrogen (secondary N) is 1. The minimum atomic E-state index is -0.175. The zero-order valence-electron chi connectivity index (χ0n) is 14.7. The third-order valence-corrected chi connectivity index (χ3v) is 3.76. The molecule has 0 saturated carbocycles. The number of nitrogens with zero attached hydrogens (tertiary/aromatic N) is 3. The van der Waals surface area contributed by atoms with Crippen LogP contribution >= 0.6 is 0 Å². The van der Waals surface area contributed by atoms with Crippen molar-refractivity contribution in [1.82, 2.24) is 19.9 Å². The number of hydrogen-bond acceptors (Lipinski definition) is 4. The van der Waals surface area contributed by atoms with Gasteiger partial charge in [0.05, 0.1) is 12.3 Å². The Kier molecular flexibility index (Phi) is 4.97. The normalized spacial score (nSPS) is 11.0. The number of ether oxygens (including phenoxy) is 1. The summed E-state index contributed by atoms with van der Waals surface area (Å²) in [6.45, 7) is 7.16. The minimum Gasteiger partial charge on any atom is -0.493 e. The van der Waals surface area contributed by atoms with Crippen molar-refractivity contribution in [2.45, 2.75) is 27.3 Å². The number of fused-ring (bicyclic) bond motifs is 1. The minimum absolute atomic E-state index is 0.175. The first kappa shape index (κ1) is 17.0. The molecule has 0 aliphatic carbocycles. The van der Waals surface area contributed by atoms with Crippen LogP contribution < -0.4 is 10.1 Å². The number of benzene rings is 1. The fourth-order valence-electron chi connectivity index (χ4n) is 2.50. The van der Waals surface area contributed by atoms with Gasteiger partial charge < -0.3 is 10.1 Å². The van der Waals surface area contributed by atoms with E-state index in [0.717, 1.165) is 11.3 Å². The highest BCUT2D eigenvalue weighted by Crippen LogP contribution is 2.15. The van der Waals surface area contributed by atoms with Crippen LogP contribution in [-0.4, -0.2) is 27.1 Å². The third-order valence-electron chi connectivity index (χ3n) is 3.76. The van der Waals surface area contributed by atoms with Crippen LogP contribution in [0.2, 0.25) is 0 Å². The van der Waals surface area contributed by atoms with Gasteiger partial charge in [0.1, 0.15) is 11.3 Å². The molecular formula is C19H22N4O2.